The predicted molar refractivity (Wildman–Crippen MR) is 88.6 cm³/mol. The quantitative estimate of drug-likeness (QED) is 0.225. The highest BCUT2D eigenvalue weighted by atomic mass is 79.9. The molecule has 2 rings (SSSR count). The molecule has 0 fully saturated rings. The molecule has 0 aliphatic rings. The molecule has 0 saturated carbocycles. The van der Waals surface area contributed by atoms with E-state index >= 15 is 0 Å². The van der Waals surface area contributed by atoms with E-state index in [1.807, 2.05) is 0 Å². The zero-order valence-corrected chi connectivity index (χ0v) is 13.8. The van der Waals surface area contributed by atoms with Gasteiger partial charge < -0.3 is 26.1 Å². The fourth-order valence-electron chi connectivity index (χ4n) is 1.69. The van der Waals surface area contributed by atoms with Crippen LogP contribution in [-0.2, 0) is 0 Å². The fraction of sp³-hybridized carbons (Fsp3) is 0.154. The van der Waals surface area contributed by atoms with E-state index in [9.17, 15) is 14.4 Å². The molecule has 0 aliphatic heterocycles. The van der Waals surface area contributed by atoms with Crippen LogP contribution in [0, 0.1) is 5.82 Å². The van der Waals surface area contributed by atoms with Gasteiger partial charge in [0.05, 0.1) is 4.47 Å². The number of carbonyl (C=O) groups excluding carboxylic acids is 1. The van der Waals surface area contributed by atoms with E-state index < -0.39 is 11.8 Å². The van der Waals surface area contributed by atoms with Crippen LogP contribution in [-0.4, -0.2) is 35.3 Å². The van der Waals surface area contributed by atoms with Crippen LogP contribution in [0.1, 0.15) is 5.56 Å². The zero-order valence-electron chi connectivity index (χ0n) is 12.2. The minimum Gasteiger partial charge on any atom is -0.409 e. The van der Waals surface area contributed by atoms with Gasteiger partial charge in [0, 0.05) is 18.8 Å². The topological polar surface area (TPSA) is 138 Å². The van der Waals surface area contributed by atoms with Crippen LogP contribution in [0.4, 0.5) is 20.7 Å². The Labute approximate surface area is 144 Å². The molecule has 0 bridgehead atoms. The summed E-state index contributed by atoms with van der Waals surface area (Å²) in [6.07, 6.45) is 1.18. The molecule has 1 heterocycles. The van der Waals surface area contributed by atoms with E-state index in [1.54, 1.807) is 0 Å². The maximum absolute atomic E-state index is 13.3. The summed E-state index contributed by atoms with van der Waals surface area (Å²) in [5.41, 5.74) is 5.93. The minimum absolute atomic E-state index is 0.0333. The van der Waals surface area contributed by atoms with E-state index in [-0.39, 0.29) is 34.8 Å². The zero-order chi connectivity index (χ0) is 17.5. The summed E-state index contributed by atoms with van der Waals surface area (Å²) < 4.78 is 18.3. The molecule has 0 radical (unpaired) electrons. The average Bonchev–Trinajstić information content (AvgIpc) is 3.01. The molecule has 11 heteroatoms. The number of rotatable bonds is 5. The predicted octanol–water partition coefficient (Wildman–Crippen LogP) is 1.90. The lowest BCUT2D eigenvalue weighted by Crippen LogP contribution is -2.33. The minimum atomic E-state index is -0.544. The van der Waals surface area contributed by atoms with Gasteiger partial charge in [-0.1, -0.05) is 10.3 Å². The van der Waals surface area contributed by atoms with E-state index in [4.69, 9.17) is 10.3 Å². The van der Waals surface area contributed by atoms with E-state index in [2.05, 4.69) is 42.2 Å². The Hall–Kier alpha value is -2.66. The van der Waals surface area contributed by atoms with Crippen molar-refractivity contribution in [2.45, 2.75) is 0 Å². The molecule has 9 nitrogen and oxygen atoms in total. The lowest BCUT2D eigenvalue weighted by molar-refractivity contribution is 0.252. The van der Waals surface area contributed by atoms with Crippen LogP contribution >= 0.6 is 15.9 Å². The van der Waals surface area contributed by atoms with Crippen molar-refractivity contribution in [3.8, 4) is 0 Å². The first-order valence-electron chi connectivity index (χ1n) is 6.69. The SMILES string of the molecule is NCCNC(=O)Nc1nocc1/C(=N/O)Nc1ccc(F)c(Br)c1. The molecule has 128 valence electrons. The first-order chi connectivity index (χ1) is 11.5. The molecule has 0 atom stereocenters. The number of nitrogens with zero attached hydrogens (tertiary/aromatic N) is 2. The van der Waals surface area contributed by atoms with Crippen LogP contribution in [0.3, 0.4) is 0 Å². The summed E-state index contributed by atoms with van der Waals surface area (Å²) >= 11 is 3.05. The Morgan fingerprint density at radius 1 is 1.46 bits per heavy atom. The summed E-state index contributed by atoms with van der Waals surface area (Å²) in [5, 5.41) is 23.6. The summed E-state index contributed by atoms with van der Waals surface area (Å²) in [6, 6.07) is 3.58. The molecular formula is C13H14BrFN6O3. The van der Waals surface area contributed by atoms with Crippen LogP contribution in [0.2, 0.25) is 0 Å². The van der Waals surface area contributed by atoms with Crippen molar-refractivity contribution in [2.75, 3.05) is 23.7 Å². The Morgan fingerprint density at radius 2 is 2.25 bits per heavy atom. The Kier molecular flexibility index (Phi) is 6.09. The smallest absolute Gasteiger partial charge is 0.320 e. The Bertz CT molecular complexity index is 751. The number of nitrogens with one attached hydrogen (secondary N) is 3. The molecule has 0 spiro atoms. The van der Waals surface area contributed by atoms with Crippen LogP contribution in [0.15, 0.2) is 38.6 Å². The standard InChI is InChI=1S/C13H14BrFN6O3/c14-9-5-7(1-2-10(9)15)18-11(20-23)8-6-24-21-12(8)19-13(22)17-4-3-16/h1-2,5-6,23H,3-4,16H2,(H,18,20)(H2,17,19,21,22). The molecule has 2 aromatic rings. The number of benzene rings is 1. The maximum atomic E-state index is 13.3. The molecule has 24 heavy (non-hydrogen) atoms. The monoisotopic (exact) mass is 400 g/mol. The summed E-state index contributed by atoms with van der Waals surface area (Å²) in [7, 11) is 0. The number of carbonyl (C=O) groups is 1. The second-order valence-corrected chi connectivity index (χ2v) is 5.30. The third-order valence-corrected chi connectivity index (χ3v) is 3.38. The molecule has 1 aromatic heterocycles. The Morgan fingerprint density at radius 3 is 2.92 bits per heavy atom. The van der Waals surface area contributed by atoms with Crippen molar-refractivity contribution >= 4 is 39.3 Å². The van der Waals surface area contributed by atoms with Gasteiger partial charge in [-0.25, -0.2) is 9.18 Å². The number of nitrogens with two attached hydrogens (primary N) is 1. The van der Waals surface area contributed by atoms with Crippen molar-refractivity contribution in [2.24, 2.45) is 10.9 Å². The molecule has 0 aliphatic carbocycles. The summed E-state index contributed by atoms with van der Waals surface area (Å²) in [5.74, 6) is -0.457. The van der Waals surface area contributed by atoms with Gasteiger partial charge in [0.2, 0.25) is 0 Å². The van der Waals surface area contributed by atoms with Gasteiger partial charge in [-0.2, -0.15) is 0 Å². The second kappa shape index (κ2) is 8.26. The van der Waals surface area contributed by atoms with Crippen molar-refractivity contribution in [3.63, 3.8) is 0 Å². The van der Waals surface area contributed by atoms with E-state index in [1.165, 1.54) is 24.5 Å². The molecular weight excluding hydrogens is 387 g/mol. The van der Waals surface area contributed by atoms with Gasteiger partial charge >= 0.3 is 6.03 Å². The maximum Gasteiger partial charge on any atom is 0.320 e. The summed E-state index contributed by atoms with van der Waals surface area (Å²) in [4.78, 5) is 11.6. The Balaban J connectivity index is 2.15. The van der Waals surface area contributed by atoms with Gasteiger partial charge in [-0.05, 0) is 34.1 Å². The van der Waals surface area contributed by atoms with E-state index in [0.29, 0.717) is 5.69 Å². The van der Waals surface area contributed by atoms with Crippen molar-refractivity contribution in [1.29, 1.82) is 0 Å². The van der Waals surface area contributed by atoms with Gasteiger partial charge in [-0.15, -0.1) is 0 Å². The lowest BCUT2D eigenvalue weighted by Gasteiger charge is -2.09. The molecule has 1 aromatic carbocycles. The number of amidine groups is 1. The van der Waals surface area contributed by atoms with Crippen molar-refractivity contribution in [3.05, 3.63) is 40.3 Å². The molecule has 2 amide bonds. The normalized spacial score (nSPS) is 11.2. The van der Waals surface area contributed by atoms with Crippen molar-refractivity contribution < 1.29 is 18.9 Å². The average molecular weight is 401 g/mol. The third kappa shape index (κ3) is 4.43. The number of halogens is 2. The van der Waals surface area contributed by atoms with Crippen LogP contribution in [0.25, 0.3) is 0 Å². The lowest BCUT2D eigenvalue weighted by atomic mass is 10.2. The largest absolute Gasteiger partial charge is 0.409 e. The highest BCUT2D eigenvalue weighted by Crippen LogP contribution is 2.22. The molecule has 0 saturated heterocycles. The fourth-order valence-corrected chi connectivity index (χ4v) is 2.07. The van der Waals surface area contributed by atoms with Crippen LogP contribution < -0.4 is 21.7 Å². The first-order valence-corrected chi connectivity index (χ1v) is 7.48. The number of urea groups is 1. The number of oxime groups is 1. The van der Waals surface area contributed by atoms with Gasteiger partial charge in [0.25, 0.3) is 0 Å². The van der Waals surface area contributed by atoms with Crippen LogP contribution in [0.5, 0.6) is 0 Å². The highest BCUT2D eigenvalue weighted by Gasteiger charge is 2.17. The molecule has 0 unspecified atom stereocenters. The van der Waals surface area contributed by atoms with E-state index in [0.717, 1.165) is 0 Å². The highest BCUT2D eigenvalue weighted by molar-refractivity contribution is 9.10. The number of hydrogen-bond acceptors (Lipinski definition) is 6. The second-order valence-electron chi connectivity index (χ2n) is 4.45. The number of hydrogen-bond donors (Lipinski definition) is 5. The third-order valence-electron chi connectivity index (χ3n) is 2.77. The first kappa shape index (κ1) is 17.7. The number of anilines is 2. The number of amides is 2. The van der Waals surface area contributed by atoms with Crippen molar-refractivity contribution in [1.82, 2.24) is 10.5 Å². The number of aromatic nitrogens is 1. The van der Waals surface area contributed by atoms with Gasteiger partial charge in [0.1, 0.15) is 17.6 Å². The van der Waals surface area contributed by atoms with Gasteiger partial charge in [-0.3, -0.25) is 5.32 Å². The van der Waals surface area contributed by atoms with Gasteiger partial charge in [0.15, 0.2) is 11.7 Å². The molecule has 6 N–H and O–H groups in total. The summed E-state index contributed by atoms with van der Waals surface area (Å²) in [6.45, 7) is 0.561.